The summed E-state index contributed by atoms with van der Waals surface area (Å²) in [6, 6.07) is 0. The number of rotatable bonds is 7. The first-order chi connectivity index (χ1) is 7.18. The molecule has 15 heavy (non-hydrogen) atoms. The highest BCUT2D eigenvalue weighted by atomic mass is 16.5. The van der Waals surface area contributed by atoms with Gasteiger partial charge < -0.3 is 15.4 Å². The maximum atomic E-state index is 11.3. The van der Waals surface area contributed by atoms with E-state index in [1.54, 1.807) is 0 Å². The van der Waals surface area contributed by atoms with Gasteiger partial charge in [-0.1, -0.05) is 12.2 Å². The van der Waals surface area contributed by atoms with Gasteiger partial charge in [-0.25, -0.2) is 0 Å². The smallest absolute Gasteiger partial charge is 0.220 e. The summed E-state index contributed by atoms with van der Waals surface area (Å²) >= 11 is 0. The number of hydrogen-bond donors (Lipinski definition) is 2. The predicted octanol–water partition coefficient (Wildman–Crippen LogP) is 0.305. The molecule has 0 aromatic carbocycles. The minimum Gasteiger partial charge on any atom is -0.375 e. The highest BCUT2D eigenvalue weighted by Gasteiger charge is 2.19. The molecule has 0 aromatic heterocycles. The minimum absolute atomic E-state index is 0.125. The summed E-state index contributed by atoms with van der Waals surface area (Å²) in [5.41, 5.74) is 1.00. The van der Waals surface area contributed by atoms with Crippen molar-refractivity contribution in [2.75, 3.05) is 32.8 Å². The maximum absolute atomic E-state index is 11.3. The third kappa shape index (κ3) is 5.54. The molecule has 0 radical (unpaired) electrons. The molecule has 1 fully saturated rings. The van der Waals surface area contributed by atoms with Crippen LogP contribution in [0.15, 0.2) is 12.2 Å². The molecule has 0 spiro atoms. The molecule has 0 bridgehead atoms. The lowest BCUT2D eigenvalue weighted by molar-refractivity contribution is -0.122. The van der Waals surface area contributed by atoms with E-state index in [1.165, 1.54) is 0 Å². The van der Waals surface area contributed by atoms with Crippen LogP contribution in [0.3, 0.4) is 0 Å². The van der Waals surface area contributed by atoms with Crippen molar-refractivity contribution >= 4 is 5.91 Å². The summed E-state index contributed by atoms with van der Waals surface area (Å²) in [6.45, 7) is 9.31. The molecule has 0 unspecified atom stereocenters. The molecule has 1 rings (SSSR count). The SMILES string of the molecule is C=C(C)COCCNC(=O)CC1CNC1. The van der Waals surface area contributed by atoms with Crippen molar-refractivity contribution in [2.24, 2.45) is 5.92 Å². The van der Waals surface area contributed by atoms with Gasteiger partial charge in [-0.15, -0.1) is 0 Å². The van der Waals surface area contributed by atoms with Gasteiger partial charge >= 0.3 is 0 Å². The molecule has 1 aliphatic heterocycles. The fourth-order valence-electron chi connectivity index (χ4n) is 1.34. The van der Waals surface area contributed by atoms with Crippen LogP contribution >= 0.6 is 0 Å². The zero-order chi connectivity index (χ0) is 11.1. The third-order valence-corrected chi connectivity index (χ3v) is 2.26. The Balaban J connectivity index is 1.90. The largest absolute Gasteiger partial charge is 0.375 e. The van der Waals surface area contributed by atoms with Crippen LogP contribution in [0.2, 0.25) is 0 Å². The van der Waals surface area contributed by atoms with Gasteiger partial charge in [0.25, 0.3) is 0 Å². The molecule has 4 heteroatoms. The second-order valence-electron chi connectivity index (χ2n) is 4.09. The first-order valence-electron chi connectivity index (χ1n) is 5.38. The summed E-state index contributed by atoms with van der Waals surface area (Å²) in [5.74, 6) is 0.654. The molecule has 0 atom stereocenters. The van der Waals surface area contributed by atoms with Gasteiger partial charge in [0, 0.05) is 13.0 Å². The van der Waals surface area contributed by atoms with Crippen LogP contribution in [-0.2, 0) is 9.53 Å². The van der Waals surface area contributed by atoms with Gasteiger partial charge in [0.15, 0.2) is 0 Å². The lowest BCUT2D eigenvalue weighted by Gasteiger charge is -2.26. The highest BCUT2D eigenvalue weighted by Crippen LogP contribution is 2.07. The highest BCUT2D eigenvalue weighted by molar-refractivity contribution is 5.76. The van der Waals surface area contributed by atoms with Gasteiger partial charge in [-0.3, -0.25) is 4.79 Å². The Morgan fingerprint density at radius 3 is 2.87 bits per heavy atom. The van der Waals surface area contributed by atoms with Crippen molar-refractivity contribution < 1.29 is 9.53 Å². The van der Waals surface area contributed by atoms with Gasteiger partial charge in [0.1, 0.15) is 0 Å². The first-order valence-corrected chi connectivity index (χ1v) is 5.38. The molecule has 4 nitrogen and oxygen atoms in total. The number of hydrogen-bond acceptors (Lipinski definition) is 3. The number of ether oxygens (including phenoxy) is 1. The Bertz CT molecular complexity index is 225. The van der Waals surface area contributed by atoms with E-state index in [0.29, 0.717) is 32.1 Å². The molecule has 86 valence electrons. The van der Waals surface area contributed by atoms with E-state index in [0.717, 1.165) is 18.7 Å². The molecule has 2 N–H and O–H groups in total. The molecule has 0 saturated carbocycles. The molecule has 0 aliphatic carbocycles. The van der Waals surface area contributed by atoms with E-state index in [2.05, 4.69) is 17.2 Å². The molecule has 1 amide bonds. The van der Waals surface area contributed by atoms with E-state index in [1.807, 2.05) is 6.92 Å². The summed E-state index contributed by atoms with van der Waals surface area (Å²) < 4.78 is 5.26. The van der Waals surface area contributed by atoms with Crippen LogP contribution in [0, 0.1) is 5.92 Å². The Morgan fingerprint density at radius 1 is 1.60 bits per heavy atom. The third-order valence-electron chi connectivity index (χ3n) is 2.26. The van der Waals surface area contributed by atoms with E-state index in [4.69, 9.17) is 4.74 Å². The number of carbonyl (C=O) groups excluding carboxylic acids is 1. The van der Waals surface area contributed by atoms with Crippen molar-refractivity contribution in [3.8, 4) is 0 Å². The van der Waals surface area contributed by atoms with Crippen LogP contribution < -0.4 is 10.6 Å². The van der Waals surface area contributed by atoms with E-state index in [-0.39, 0.29) is 5.91 Å². The van der Waals surface area contributed by atoms with Gasteiger partial charge in [-0.05, 0) is 25.9 Å². The zero-order valence-electron chi connectivity index (χ0n) is 9.34. The molecular formula is C11H20N2O2. The monoisotopic (exact) mass is 212 g/mol. The average Bonchev–Trinajstić information content (AvgIpc) is 2.10. The maximum Gasteiger partial charge on any atom is 0.220 e. The Labute approximate surface area is 91.1 Å². The topological polar surface area (TPSA) is 50.4 Å². The Hall–Kier alpha value is -0.870. The normalized spacial score (nSPS) is 15.8. The van der Waals surface area contributed by atoms with E-state index >= 15 is 0 Å². The number of nitrogens with one attached hydrogen (secondary N) is 2. The lowest BCUT2D eigenvalue weighted by atomic mass is 9.99. The second-order valence-corrected chi connectivity index (χ2v) is 4.09. The molecule has 0 aromatic rings. The van der Waals surface area contributed by atoms with Crippen molar-refractivity contribution in [1.82, 2.24) is 10.6 Å². The summed E-state index contributed by atoms with van der Waals surface area (Å²) in [6.07, 6.45) is 0.632. The van der Waals surface area contributed by atoms with Crippen LogP contribution in [-0.4, -0.2) is 38.8 Å². The summed E-state index contributed by atoms with van der Waals surface area (Å²) in [7, 11) is 0. The minimum atomic E-state index is 0.125. The zero-order valence-corrected chi connectivity index (χ0v) is 9.34. The van der Waals surface area contributed by atoms with Crippen LogP contribution in [0.25, 0.3) is 0 Å². The van der Waals surface area contributed by atoms with Crippen LogP contribution in [0.4, 0.5) is 0 Å². The molecule has 1 aliphatic rings. The molecule has 1 saturated heterocycles. The number of amides is 1. The van der Waals surface area contributed by atoms with Gasteiger partial charge in [0.05, 0.1) is 13.2 Å². The second kappa shape index (κ2) is 6.58. The number of carbonyl (C=O) groups is 1. The standard InChI is InChI=1S/C11H20N2O2/c1-9(2)8-15-4-3-13-11(14)5-10-6-12-7-10/h10,12H,1,3-8H2,2H3,(H,13,14). The van der Waals surface area contributed by atoms with Crippen molar-refractivity contribution in [3.05, 3.63) is 12.2 Å². The van der Waals surface area contributed by atoms with E-state index in [9.17, 15) is 4.79 Å². The van der Waals surface area contributed by atoms with Gasteiger partial charge in [-0.2, -0.15) is 0 Å². The van der Waals surface area contributed by atoms with Crippen molar-refractivity contribution in [2.45, 2.75) is 13.3 Å². The van der Waals surface area contributed by atoms with E-state index < -0.39 is 0 Å². The van der Waals surface area contributed by atoms with Crippen LogP contribution in [0.5, 0.6) is 0 Å². The summed E-state index contributed by atoms with van der Waals surface area (Å²) in [5, 5.41) is 5.98. The predicted molar refractivity (Wildman–Crippen MR) is 59.6 cm³/mol. The van der Waals surface area contributed by atoms with Gasteiger partial charge in [0.2, 0.25) is 5.91 Å². The Kier molecular flexibility index (Phi) is 5.36. The lowest BCUT2D eigenvalue weighted by Crippen LogP contribution is -2.44. The van der Waals surface area contributed by atoms with Crippen molar-refractivity contribution in [1.29, 1.82) is 0 Å². The average molecular weight is 212 g/mol. The van der Waals surface area contributed by atoms with Crippen molar-refractivity contribution in [3.63, 3.8) is 0 Å². The molecular weight excluding hydrogens is 192 g/mol. The first kappa shape index (κ1) is 12.2. The fraction of sp³-hybridized carbons (Fsp3) is 0.727. The molecule has 1 heterocycles. The summed E-state index contributed by atoms with van der Waals surface area (Å²) in [4.78, 5) is 11.3. The van der Waals surface area contributed by atoms with Crippen LogP contribution in [0.1, 0.15) is 13.3 Å². The quantitative estimate of drug-likeness (QED) is 0.471. The fourth-order valence-corrected chi connectivity index (χ4v) is 1.34. The Morgan fingerprint density at radius 2 is 2.33 bits per heavy atom.